The van der Waals surface area contributed by atoms with Crippen molar-refractivity contribution in [1.82, 2.24) is 14.5 Å². The lowest BCUT2D eigenvalue weighted by atomic mass is 9.95. The zero-order valence-electron chi connectivity index (χ0n) is 21.6. The molecule has 0 spiro atoms. The lowest BCUT2D eigenvalue weighted by Gasteiger charge is -2.13. The van der Waals surface area contributed by atoms with E-state index in [-0.39, 0.29) is 17.3 Å². The van der Waals surface area contributed by atoms with Crippen LogP contribution in [-0.4, -0.2) is 14.5 Å². The van der Waals surface area contributed by atoms with Crippen LogP contribution < -0.4 is 16.5 Å². The molecule has 2 heterocycles. The smallest absolute Gasteiger partial charge is 0.268 e. The van der Waals surface area contributed by atoms with E-state index in [9.17, 15) is 9.59 Å². The SMILES string of the molecule is CCCCc1nc([ClH+])n(-c2cccc(C)c2)c(=O)c1Cc1ccc(-c2ccccc2-c2[nH]c(=O)o[nH+]2)cc1F. The van der Waals surface area contributed by atoms with Gasteiger partial charge in [-0.1, -0.05) is 61.0 Å². The van der Waals surface area contributed by atoms with Gasteiger partial charge in [-0.15, -0.1) is 0 Å². The maximum Gasteiger partial charge on any atom is 0.547 e. The summed E-state index contributed by atoms with van der Waals surface area (Å²) in [5.74, 6) is -0.681. The fourth-order valence-electron chi connectivity index (χ4n) is 4.68. The van der Waals surface area contributed by atoms with Crippen molar-refractivity contribution in [2.45, 2.75) is 39.5 Å². The Kier molecular flexibility index (Phi) is 7.56. The van der Waals surface area contributed by atoms with E-state index < -0.39 is 11.6 Å². The summed E-state index contributed by atoms with van der Waals surface area (Å²) < 4.78 is 21.8. The Balaban J connectivity index is 1.56. The third kappa shape index (κ3) is 5.47. The highest BCUT2D eigenvalue weighted by Gasteiger charge is 2.23. The summed E-state index contributed by atoms with van der Waals surface area (Å²) >= 11 is 5.52. The lowest BCUT2D eigenvalue weighted by molar-refractivity contribution is -0.602. The van der Waals surface area contributed by atoms with Gasteiger partial charge in [0.1, 0.15) is 5.82 Å². The molecule has 0 saturated carbocycles. The molecule has 0 aliphatic rings. The first-order valence-corrected chi connectivity index (χ1v) is 13.1. The van der Waals surface area contributed by atoms with Crippen LogP contribution in [0.15, 0.2) is 80.8 Å². The number of H-pyrrole nitrogens is 2. The van der Waals surface area contributed by atoms with Crippen LogP contribution in [0.3, 0.4) is 0 Å². The van der Waals surface area contributed by atoms with E-state index in [4.69, 9.17) is 16.1 Å². The van der Waals surface area contributed by atoms with Crippen molar-refractivity contribution < 1.29 is 25.7 Å². The van der Waals surface area contributed by atoms with Gasteiger partial charge in [0.05, 0.1) is 16.9 Å². The minimum atomic E-state index is -0.616. The van der Waals surface area contributed by atoms with Crippen LogP contribution in [0.4, 0.5) is 4.39 Å². The molecule has 0 bridgehead atoms. The molecule has 0 aliphatic heterocycles. The van der Waals surface area contributed by atoms with Crippen LogP contribution in [0.1, 0.15) is 42.1 Å². The van der Waals surface area contributed by atoms with E-state index in [1.165, 1.54) is 10.6 Å². The Labute approximate surface area is 228 Å². The molecule has 0 atom stereocenters. The average Bonchev–Trinajstić information content (AvgIpc) is 3.36. The summed E-state index contributed by atoms with van der Waals surface area (Å²) in [4.78, 5) is 32.5. The topological polar surface area (TPSA) is 95.0 Å². The number of nitrogens with zero attached hydrogens (tertiary/aromatic N) is 2. The number of aromatic amines is 2. The number of nitrogens with one attached hydrogen (secondary N) is 2. The highest BCUT2D eigenvalue weighted by Crippen LogP contribution is 2.30. The van der Waals surface area contributed by atoms with Crippen LogP contribution in [0.25, 0.3) is 28.2 Å². The maximum absolute atomic E-state index is 15.6. The van der Waals surface area contributed by atoms with E-state index in [1.807, 2.05) is 49.4 Å². The molecule has 39 heavy (non-hydrogen) atoms. The van der Waals surface area contributed by atoms with E-state index in [0.717, 1.165) is 18.4 Å². The summed E-state index contributed by atoms with van der Waals surface area (Å²) in [5.41, 5.74) is 4.77. The van der Waals surface area contributed by atoms with Gasteiger partial charge in [-0.05, 0) is 66.3 Å². The number of aromatic nitrogens is 4. The fourth-order valence-corrected chi connectivity index (χ4v) is 4.97. The van der Waals surface area contributed by atoms with Gasteiger partial charge in [0.2, 0.25) is 0 Å². The third-order valence-electron chi connectivity index (χ3n) is 6.66. The molecule has 0 aliphatic carbocycles. The summed E-state index contributed by atoms with van der Waals surface area (Å²) in [6.07, 6.45) is 2.44. The number of benzene rings is 3. The first-order valence-electron chi connectivity index (χ1n) is 12.7. The summed E-state index contributed by atoms with van der Waals surface area (Å²) in [6.45, 7) is 4.01. The van der Waals surface area contributed by atoms with Gasteiger partial charge in [0.25, 0.3) is 5.56 Å². The number of unbranched alkanes of at least 4 members (excludes halogenated alkanes) is 1. The van der Waals surface area contributed by atoms with E-state index >= 15 is 4.39 Å². The standard InChI is InChI=1S/C30H26ClFN4O3/c1-3-4-12-26-24(28(37)36(29(31)33-26)21-9-7-8-18(2)15-21)16-20-14-13-19(17-25(20)32)22-10-5-6-11-23(22)27-34-30(38)39-35-27/h5-11,13-15,17,31H,3-4,12,16H2,1-2H3/p+2. The average molecular weight is 547 g/mol. The molecule has 9 heteroatoms. The summed E-state index contributed by atoms with van der Waals surface area (Å²) in [5, 5.41) is 2.75. The number of halogens is 2. The molecular formula is C30H28ClFN4O3+2. The van der Waals surface area contributed by atoms with Crippen molar-refractivity contribution in [2.24, 2.45) is 0 Å². The third-order valence-corrected chi connectivity index (χ3v) is 6.93. The molecule has 0 amide bonds. The van der Waals surface area contributed by atoms with Crippen LogP contribution in [0.2, 0.25) is 5.28 Å². The molecule has 5 aromatic rings. The van der Waals surface area contributed by atoms with Crippen LogP contribution >= 0.6 is 0 Å². The number of rotatable bonds is 8. The Hall–Kier alpha value is -4.30. The normalized spacial score (nSPS) is 11.2. The molecule has 7 nitrogen and oxygen atoms in total. The Bertz CT molecular complexity index is 1770. The molecule has 2 aromatic heterocycles. The molecular weight excluding hydrogens is 519 g/mol. The molecule has 198 valence electrons. The van der Waals surface area contributed by atoms with E-state index in [2.05, 4.69) is 22.0 Å². The van der Waals surface area contributed by atoms with Crippen LogP contribution in [0.5, 0.6) is 0 Å². The molecule has 0 saturated heterocycles. The fraction of sp³-hybridized carbons (Fsp3) is 0.200. The van der Waals surface area contributed by atoms with Crippen molar-refractivity contribution in [2.75, 3.05) is 0 Å². The minimum Gasteiger partial charge on any atom is -0.268 e. The van der Waals surface area contributed by atoms with Crippen LogP contribution in [0, 0.1) is 24.3 Å². The van der Waals surface area contributed by atoms with E-state index in [1.54, 1.807) is 18.2 Å². The minimum absolute atomic E-state index is 0.0862. The van der Waals surface area contributed by atoms with Crippen molar-refractivity contribution in [3.05, 3.63) is 121 Å². The second-order valence-electron chi connectivity index (χ2n) is 9.42. The molecule has 3 aromatic carbocycles. The first kappa shape index (κ1) is 26.3. The van der Waals surface area contributed by atoms with Gasteiger partial charge in [-0.3, -0.25) is 4.79 Å². The monoisotopic (exact) mass is 546 g/mol. The predicted octanol–water partition coefficient (Wildman–Crippen LogP) is 4.74. The Morgan fingerprint density at radius 2 is 1.85 bits per heavy atom. The van der Waals surface area contributed by atoms with Gasteiger partial charge in [-0.2, -0.15) is 14.8 Å². The molecule has 2 N–H and O–H groups in total. The maximum atomic E-state index is 15.6. The van der Waals surface area contributed by atoms with Crippen LogP contribution in [-0.2, 0) is 12.8 Å². The van der Waals surface area contributed by atoms with Gasteiger partial charge in [0.15, 0.2) is 11.6 Å². The van der Waals surface area contributed by atoms with Gasteiger partial charge in [-0.25, -0.2) is 13.5 Å². The van der Waals surface area contributed by atoms with Crippen molar-refractivity contribution in [3.63, 3.8) is 0 Å². The second kappa shape index (κ2) is 11.2. The highest BCUT2D eigenvalue weighted by atomic mass is 35.5. The summed E-state index contributed by atoms with van der Waals surface area (Å²) in [7, 11) is 0. The largest absolute Gasteiger partial charge is 0.547 e. The zero-order valence-corrected chi connectivity index (χ0v) is 22.4. The van der Waals surface area contributed by atoms with Gasteiger partial charge < -0.3 is 0 Å². The summed E-state index contributed by atoms with van der Waals surface area (Å²) in [6, 6.07) is 19.7. The van der Waals surface area contributed by atoms with Gasteiger partial charge in [0, 0.05) is 12.0 Å². The van der Waals surface area contributed by atoms with Crippen molar-refractivity contribution in [3.8, 4) is 28.2 Å². The second-order valence-corrected chi connectivity index (χ2v) is 9.79. The molecule has 5 rings (SSSR count). The first-order chi connectivity index (χ1) is 18.9. The molecule has 0 fully saturated rings. The Morgan fingerprint density at radius 3 is 2.54 bits per heavy atom. The highest BCUT2D eigenvalue weighted by molar-refractivity contribution is 5.79. The molecule has 0 unspecified atom stereocenters. The quantitative estimate of drug-likeness (QED) is 0.284. The lowest BCUT2D eigenvalue weighted by Crippen LogP contribution is -2.27. The van der Waals surface area contributed by atoms with Crippen molar-refractivity contribution in [1.29, 1.82) is 0 Å². The zero-order chi connectivity index (χ0) is 27.5. The van der Waals surface area contributed by atoms with E-state index in [0.29, 0.717) is 51.4 Å². The van der Waals surface area contributed by atoms with Crippen molar-refractivity contribution >= 4 is 0 Å². The number of aryl methyl sites for hydroxylation is 2. The predicted molar refractivity (Wildman–Crippen MR) is 143 cm³/mol. The number of hydrogen-bond donors (Lipinski definition) is 1. The molecule has 0 radical (unpaired) electrons. The Morgan fingerprint density at radius 1 is 1.05 bits per heavy atom. The van der Waals surface area contributed by atoms with Gasteiger partial charge >= 0.3 is 16.9 Å². The number of hydrogen-bond acceptors (Lipinski definition) is 4.